The van der Waals surface area contributed by atoms with Crippen LogP contribution in [0.2, 0.25) is 0 Å². The highest BCUT2D eigenvalue weighted by Crippen LogP contribution is 2.32. The molecular weight excluding hydrogens is 331 g/mol. The average molecular weight is 358 g/mol. The van der Waals surface area contributed by atoms with E-state index in [1.807, 2.05) is 6.07 Å². The van der Waals surface area contributed by atoms with Crippen LogP contribution in [0.5, 0.6) is 0 Å². The van der Waals surface area contributed by atoms with E-state index in [2.05, 4.69) is 33.5 Å². The van der Waals surface area contributed by atoms with E-state index in [0.29, 0.717) is 6.61 Å². The summed E-state index contributed by atoms with van der Waals surface area (Å²) in [7, 11) is 0. The summed E-state index contributed by atoms with van der Waals surface area (Å²) in [5.74, 6) is 1.94. The Kier molecular flexibility index (Phi) is 4.80. The molecule has 1 fully saturated rings. The molecule has 1 atom stereocenters. The van der Waals surface area contributed by atoms with Crippen LogP contribution in [-0.2, 0) is 24.2 Å². The number of morpholine rings is 1. The molecule has 0 aliphatic carbocycles. The fourth-order valence-corrected chi connectivity index (χ4v) is 3.92. The first kappa shape index (κ1) is 17.6. The van der Waals surface area contributed by atoms with Gasteiger partial charge < -0.3 is 9.30 Å². The second-order valence-electron chi connectivity index (χ2n) is 8.04. The summed E-state index contributed by atoms with van der Waals surface area (Å²) in [4.78, 5) is 2.40. The number of nitrogens with zero attached hydrogens (tertiary/aromatic N) is 4. The summed E-state index contributed by atoms with van der Waals surface area (Å²) >= 11 is 0. The third-order valence-corrected chi connectivity index (χ3v) is 5.62. The smallest absolute Gasteiger partial charge is 0.147 e. The van der Waals surface area contributed by atoms with E-state index in [9.17, 15) is 4.39 Å². The number of ether oxygens (including phenoxy) is 1. The Balaban J connectivity index is 1.55. The zero-order chi connectivity index (χ0) is 18.1. The van der Waals surface area contributed by atoms with Crippen molar-refractivity contribution in [2.75, 3.05) is 13.2 Å². The van der Waals surface area contributed by atoms with Gasteiger partial charge in [0.05, 0.1) is 19.3 Å². The Hall–Kier alpha value is -1.79. The molecule has 2 aromatic rings. The van der Waals surface area contributed by atoms with Gasteiger partial charge in [0, 0.05) is 25.0 Å². The van der Waals surface area contributed by atoms with Gasteiger partial charge in [-0.3, -0.25) is 4.90 Å². The predicted molar refractivity (Wildman–Crippen MR) is 97.2 cm³/mol. The van der Waals surface area contributed by atoms with Crippen molar-refractivity contribution in [1.29, 1.82) is 0 Å². The second-order valence-corrected chi connectivity index (χ2v) is 8.04. The third-order valence-electron chi connectivity index (χ3n) is 5.62. The fraction of sp³-hybridized carbons (Fsp3) is 0.600. The molecule has 2 aliphatic heterocycles. The Bertz CT molecular complexity index is 773. The van der Waals surface area contributed by atoms with Crippen molar-refractivity contribution in [3.8, 4) is 0 Å². The topological polar surface area (TPSA) is 43.2 Å². The monoisotopic (exact) mass is 358 g/mol. The molecule has 1 aromatic heterocycles. The molecule has 3 heterocycles. The first-order valence-corrected chi connectivity index (χ1v) is 9.56. The maximum Gasteiger partial charge on any atom is 0.147 e. The summed E-state index contributed by atoms with van der Waals surface area (Å²) in [6.07, 6.45) is 4.54. The molecule has 2 aliphatic rings. The van der Waals surface area contributed by atoms with E-state index < -0.39 is 0 Å². The Morgan fingerprint density at radius 3 is 2.96 bits per heavy atom. The van der Waals surface area contributed by atoms with Gasteiger partial charge in [0.25, 0.3) is 0 Å². The fourth-order valence-electron chi connectivity index (χ4n) is 3.92. The summed E-state index contributed by atoms with van der Waals surface area (Å²) < 4.78 is 22.0. The number of aromatic nitrogens is 3. The molecule has 0 spiro atoms. The molecule has 0 bridgehead atoms. The Labute approximate surface area is 154 Å². The highest BCUT2D eigenvalue weighted by Gasteiger charge is 2.36. The van der Waals surface area contributed by atoms with E-state index >= 15 is 0 Å². The lowest BCUT2D eigenvalue weighted by atomic mass is 9.98. The van der Waals surface area contributed by atoms with Gasteiger partial charge in [0.1, 0.15) is 17.5 Å². The van der Waals surface area contributed by atoms with Crippen molar-refractivity contribution in [3.63, 3.8) is 0 Å². The minimum atomic E-state index is -0.217. The van der Waals surface area contributed by atoms with Crippen LogP contribution in [0.1, 0.15) is 56.4 Å². The molecule has 1 aromatic carbocycles. The molecule has 140 valence electrons. The number of hydrogen-bond donors (Lipinski definition) is 0. The molecule has 4 rings (SSSR count). The number of benzene rings is 1. The standard InChI is InChI=1S/C20H27FN4O/c1-20(2)14-26-17(15-7-6-8-16(21)11-15)12-24(20)13-19-23-22-18-9-4-3-5-10-25(18)19/h6-8,11,17H,3-5,9-10,12-14H2,1-2H3. The van der Waals surface area contributed by atoms with Crippen LogP contribution in [0.25, 0.3) is 0 Å². The Morgan fingerprint density at radius 1 is 1.23 bits per heavy atom. The van der Waals surface area contributed by atoms with Crippen molar-refractivity contribution in [3.05, 3.63) is 47.3 Å². The molecular formula is C20H27FN4O. The first-order chi connectivity index (χ1) is 12.5. The molecule has 0 amide bonds. The van der Waals surface area contributed by atoms with Gasteiger partial charge >= 0.3 is 0 Å². The van der Waals surface area contributed by atoms with Crippen LogP contribution in [0.15, 0.2) is 24.3 Å². The summed E-state index contributed by atoms with van der Waals surface area (Å²) in [6.45, 7) is 7.46. The van der Waals surface area contributed by atoms with Crippen molar-refractivity contribution in [2.45, 2.75) is 64.3 Å². The lowest BCUT2D eigenvalue weighted by Crippen LogP contribution is -2.53. The third kappa shape index (κ3) is 3.53. The summed E-state index contributed by atoms with van der Waals surface area (Å²) in [6, 6.07) is 6.73. The minimum Gasteiger partial charge on any atom is -0.370 e. The lowest BCUT2D eigenvalue weighted by Gasteiger charge is -2.45. The maximum atomic E-state index is 13.6. The van der Waals surface area contributed by atoms with Gasteiger partial charge in [-0.05, 0) is 44.4 Å². The summed E-state index contributed by atoms with van der Waals surface area (Å²) in [5.41, 5.74) is 0.798. The highest BCUT2D eigenvalue weighted by atomic mass is 19.1. The molecule has 0 N–H and O–H groups in total. The van der Waals surface area contributed by atoms with Crippen LogP contribution in [0.4, 0.5) is 4.39 Å². The van der Waals surface area contributed by atoms with Gasteiger partial charge in [0.2, 0.25) is 0 Å². The maximum absolute atomic E-state index is 13.6. The van der Waals surface area contributed by atoms with Crippen LogP contribution in [0, 0.1) is 5.82 Å². The van der Waals surface area contributed by atoms with E-state index in [-0.39, 0.29) is 17.5 Å². The van der Waals surface area contributed by atoms with Crippen LogP contribution in [0.3, 0.4) is 0 Å². The Morgan fingerprint density at radius 2 is 2.12 bits per heavy atom. The molecule has 0 radical (unpaired) electrons. The molecule has 26 heavy (non-hydrogen) atoms. The molecule has 6 heteroatoms. The van der Waals surface area contributed by atoms with Gasteiger partial charge in [-0.15, -0.1) is 10.2 Å². The lowest BCUT2D eigenvalue weighted by molar-refractivity contribution is -0.105. The SMILES string of the molecule is CC1(C)COC(c2cccc(F)c2)CN1Cc1nnc2n1CCCCC2. The van der Waals surface area contributed by atoms with Crippen molar-refractivity contribution < 1.29 is 9.13 Å². The largest absolute Gasteiger partial charge is 0.370 e. The summed E-state index contributed by atoms with van der Waals surface area (Å²) in [5, 5.41) is 8.91. The van der Waals surface area contributed by atoms with Gasteiger partial charge in [0.15, 0.2) is 0 Å². The molecule has 0 saturated carbocycles. The molecule has 1 saturated heterocycles. The number of rotatable bonds is 3. The van der Waals surface area contributed by atoms with E-state index in [0.717, 1.165) is 43.3 Å². The predicted octanol–water partition coefficient (Wildman–Crippen LogP) is 3.50. The van der Waals surface area contributed by atoms with Gasteiger partial charge in [-0.2, -0.15) is 0 Å². The van der Waals surface area contributed by atoms with Gasteiger partial charge in [-0.25, -0.2) is 4.39 Å². The van der Waals surface area contributed by atoms with Crippen molar-refractivity contribution in [2.24, 2.45) is 0 Å². The van der Waals surface area contributed by atoms with E-state index in [1.54, 1.807) is 12.1 Å². The zero-order valence-electron chi connectivity index (χ0n) is 15.6. The zero-order valence-corrected chi connectivity index (χ0v) is 15.6. The van der Waals surface area contributed by atoms with E-state index in [4.69, 9.17) is 4.74 Å². The van der Waals surface area contributed by atoms with Crippen LogP contribution < -0.4 is 0 Å². The van der Waals surface area contributed by atoms with Gasteiger partial charge in [-0.1, -0.05) is 18.6 Å². The average Bonchev–Trinajstić information content (AvgIpc) is 2.83. The highest BCUT2D eigenvalue weighted by molar-refractivity contribution is 5.20. The second kappa shape index (κ2) is 7.08. The quantitative estimate of drug-likeness (QED) is 0.842. The van der Waals surface area contributed by atoms with Crippen LogP contribution in [-0.4, -0.2) is 38.4 Å². The minimum absolute atomic E-state index is 0.0963. The number of aryl methyl sites for hydroxylation is 1. The first-order valence-electron chi connectivity index (χ1n) is 9.56. The van der Waals surface area contributed by atoms with E-state index in [1.165, 1.54) is 25.3 Å². The number of hydrogen-bond acceptors (Lipinski definition) is 4. The van der Waals surface area contributed by atoms with Crippen molar-refractivity contribution in [1.82, 2.24) is 19.7 Å². The van der Waals surface area contributed by atoms with Crippen molar-refractivity contribution >= 4 is 0 Å². The normalized spacial score (nSPS) is 23.4. The molecule has 1 unspecified atom stereocenters. The number of fused-ring (bicyclic) bond motifs is 1. The molecule has 5 nitrogen and oxygen atoms in total. The van der Waals surface area contributed by atoms with Crippen LogP contribution >= 0.6 is 0 Å². The number of halogens is 1.